The van der Waals surface area contributed by atoms with E-state index >= 15 is 0 Å². The number of carboxylic acids is 1. The van der Waals surface area contributed by atoms with Crippen molar-refractivity contribution in [3.8, 4) is 0 Å². The summed E-state index contributed by atoms with van der Waals surface area (Å²) in [6, 6.07) is 11.7. The van der Waals surface area contributed by atoms with Gasteiger partial charge in [0.15, 0.2) is 0 Å². The van der Waals surface area contributed by atoms with Gasteiger partial charge in [0.05, 0.1) is 24.7 Å². The number of hydrogen-bond acceptors (Lipinski definition) is 3. The summed E-state index contributed by atoms with van der Waals surface area (Å²) in [5.41, 5.74) is 1.94. The summed E-state index contributed by atoms with van der Waals surface area (Å²) >= 11 is 0. The van der Waals surface area contributed by atoms with Crippen LogP contribution in [-0.4, -0.2) is 44.9 Å². The molecule has 0 bridgehead atoms. The molecule has 2 N–H and O–H groups in total. The number of carboxylic acid groups (broad SMARTS) is 1. The summed E-state index contributed by atoms with van der Waals surface area (Å²) in [5, 5.41) is 16.4. The zero-order valence-electron chi connectivity index (χ0n) is 14.0. The average molecular weight is 342 g/mol. The molecule has 1 unspecified atom stereocenters. The Balaban J connectivity index is 1.50. The molecule has 3 rings (SSSR count). The number of hydrogen-bond donors (Lipinski definition) is 2. The smallest absolute Gasteiger partial charge is 0.317 e. The monoisotopic (exact) mass is 342 g/mol. The van der Waals surface area contributed by atoms with Gasteiger partial charge in [-0.25, -0.2) is 4.79 Å². The molecule has 1 aromatic carbocycles. The molecule has 1 aromatic heterocycles. The van der Waals surface area contributed by atoms with Crippen LogP contribution >= 0.6 is 0 Å². The first-order chi connectivity index (χ1) is 12.1. The molecule has 0 saturated carbocycles. The van der Waals surface area contributed by atoms with Crippen LogP contribution in [0.4, 0.5) is 4.79 Å². The molecule has 132 valence electrons. The minimum absolute atomic E-state index is 0.233. The van der Waals surface area contributed by atoms with Crippen LogP contribution in [0, 0.1) is 5.92 Å². The van der Waals surface area contributed by atoms with Gasteiger partial charge in [-0.2, -0.15) is 5.10 Å². The second kappa shape index (κ2) is 7.83. The van der Waals surface area contributed by atoms with Gasteiger partial charge in [-0.1, -0.05) is 30.3 Å². The van der Waals surface area contributed by atoms with Crippen molar-refractivity contribution in [1.29, 1.82) is 0 Å². The summed E-state index contributed by atoms with van der Waals surface area (Å²) in [4.78, 5) is 24.9. The Morgan fingerprint density at radius 2 is 2.04 bits per heavy atom. The van der Waals surface area contributed by atoms with Crippen LogP contribution in [0.3, 0.4) is 0 Å². The van der Waals surface area contributed by atoms with E-state index in [0.717, 1.165) is 17.7 Å². The van der Waals surface area contributed by atoms with Crippen LogP contribution in [0.5, 0.6) is 0 Å². The fraction of sp³-hybridized carbons (Fsp3) is 0.389. The molecular weight excluding hydrogens is 320 g/mol. The number of likely N-dealkylation sites (tertiary alicyclic amines) is 1. The number of aromatic nitrogens is 2. The maximum atomic E-state index is 12.2. The average Bonchev–Trinajstić information content (AvgIpc) is 3.08. The number of benzene rings is 1. The fourth-order valence-electron chi connectivity index (χ4n) is 3.00. The molecule has 2 aromatic rings. The zero-order valence-corrected chi connectivity index (χ0v) is 14.0. The Kier molecular flexibility index (Phi) is 5.33. The Bertz CT molecular complexity index is 729. The molecule has 1 saturated heterocycles. The van der Waals surface area contributed by atoms with Gasteiger partial charge in [0.2, 0.25) is 0 Å². The highest BCUT2D eigenvalue weighted by Crippen LogP contribution is 2.16. The number of aliphatic carboxylic acids is 1. The molecule has 1 atom stereocenters. The zero-order chi connectivity index (χ0) is 17.6. The normalized spacial score (nSPS) is 17.3. The molecule has 1 aliphatic rings. The van der Waals surface area contributed by atoms with Gasteiger partial charge in [0.1, 0.15) is 0 Å². The summed E-state index contributed by atoms with van der Waals surface area (Å²) in [6.07, 6.45) is 3.23. The first-order valence-electron chi connectivity index (χ1n) is 8.43. The number of carbonyl (C=O) groups is 2. The number of amides is 2. The molecule has 2 amide bonds. The van der Waals surface area contributed by atoms with E-state index in [1.807, 2.05) is 47.3 Å². The Hall–Kier alpha value is -2.83. The molecule has 0 aliphatic carbocycles. The summed E-state index contributed by atoms with van der Waals surface area (Å²) < 4.78 is 1.83. The highest BCUT2D eigenvalue weighted by molar-refractivity contribution is 5.76. The van der Waals surface area contributed by atoms with Crippen LogP contribution in [0.2, 0.25) is 0 Å². The third-order valence-electron chi connectivity index (χ3n) is 4.36. The molecular formula is C18H22N4O3. The standard InChI is InChI=1S/C18H22N4O3/c23-17(24)15-7-4-9-21(13-15)18(25)19-11-16-8-10-22(20-16)12-14-5-2-1-3-6-14/h1-3,5-6,8,10,15H,4,7,9,11-13H2,(H,19,25)(H,23,24). The second-order valence-electron chi connectivity index (χ2n) is 6.27. The van der Waals surface area contributed by atoms with Crippen molar-refractivity contribution in [2.45, 2.75) is 25.9 Å². The van der Waals surface area contributed by atoms with Crippen LogP contribution in [0.25, 0.3) is 0 Å². The van der Waals surface area contributed by atoms with Crippen molar-refractivity contribution in [1.82, 2.24) is 20.0 Å². The van der Waals surface area contributed by atoms with E-state index in [1.165, 1.54) is 0 Å². The topological polar surface area (TPSA) is 87.5 Å². The van der Waals surface area contributed by atoms with Crippen molar-refractivity contribution < 1.29 is 14.7 Å². The Labute approximate surface area is 146 Å². The lowest BCUT2D eigenvalue weighted by Crippen LogP contribution is -2.46. The first-order valence-corrected chi connectivity index (χ1v) is 8.43. The maximum Gasteiger partial charge on any atom is 0.317 e. The highest BCUT2D eigenvalue weighted by atomic mass is 16.4. The number of piperidine rings is 1. The number of rotatable bonds is 5. The minimum atomic E-state index is -0.836. The SMILES string of the molecule is O=C(O)C1CCCN(C(=O)NCc2ccn(Cc3ccccc3)n2)C1. The third-order valence-corrected chi connectivity index (χ3v) is 4.36. The van der Waals surface area contributed by atoms with Gasteiger partial charge in [0, 0.05) is 19.3 Å². The van der Waals surface area contributed by atoms with Crippen LogP contribution in [0.1, 0.15) is 24.1 Å². The molecule has 1 aliphatic heterocycles. The van der Waals surface area contributed by atoms with E-state index in [0.29, 0.717) is 26.1 Å². The number of urea groups is 1. The number of carbonyl (C=O) groups excluding carboxylic acids is 1. The van der Waals surface area contributed by atoms with E-state index in [2.05, 4.69) is 10.4 Å². The molecule has 1 fully saturated rings. The first kappa shape index (κ1) is 17.0. The van der Waals surface area contributed by atoms with E-state index < -0.39 is 11.9 Å². The summed E-state index contributed by atoms with van der Waals surface area (Å²) in [7, 11) is 0. The third kappa shape index (κ3) is 4.59. The van der Waals surface area contributed by atoms with Crippen molar-refractivity contribution in [2.75, 3.05) is 13.1 Å². The van der Waals surface area contributed by atoms with E-state index in [-0.39, 0.29) is 12.6 Å². The highest BCUT2D eigenvalue weighted by Gasteiger charge is 2.27. The Morgan fingerprint density at radius 1 is 1.24 bits per heavy atom. The second-order valence-corrected chi connectivity index (χ2v) is 6.27. The lowest BCUT2D eigenvalue weighted by atomic mass is 9.99. The van der Waals surface area contributed by atoms with E-state index in [1.54, 1.807) is 4.90 Å². The Morgan fingerprint density at radius 3 is 2.80 bits per heavy atom. The summed E-state index contributed by atoms with van der Waals surface area (Å²) in [6.45, 7) is 1.87. The lowest BCUT2D eigenvalue weighted by Gasteiger charge is -2.30. The van der Waals surface area contributed by atoms with Crippen LogP contribution in [0.15, 0.2) is 42.6 Å². The molecule has 7 nitrogen and oxygen atoms in total. The van der Waals surface area contributed by atoms with Crippen molar-refractivity contribution in [3.05, 3.63) is 53.9 Å². The number of nitrogens with zero attached hydrogens (tertiary/aromatic N) is 3. The summed E-state index contributed by atoms with van der Waals surface area (Å²) in [5.74, 6) is -1.30. The largest absolute Gasteiger partial charge is 0.481 e. The molecule has 7 heteroatoms. The van der Waals surface area contributed by atoms with Crippen LogP contribution in [-0.2, 0) is 17.9 Å². The van der Waals surface area contributed by atoms with Gasteiger partial charge >= 0.3 is 12.0 Å². The lowest BCUT2D eigenvalue weighted by molar-refractivity contribution is -0.143. The predicted octanol–water partition coefficient (Wildman–Crippen LogP) is 1.94. The van der Waals surface area contributed by atoms with Gasteiger partial charge in [-0.15, -0.1) is 0 Å². The maximum absolute atomic E-state index is 12.2. The van der Waals surface area contributed by atoms with Crippen LogP contribution < -0.4 is 5.32 Å². The van der Waals surface area contributed by atoms with E-state index in [9.17, 15) is 9.59 Å². The van der Waals surface area contributed by atoms with Crippen molar-refractivity contribution in [2.24, 2.45) is 5.92 Å². The number of nitrogens with one attached hydrogen (secondary N) is 1. The van der Waals surface area contributed by atoms with Gasteiger partial charge < -0.3 is 15.3 Å². The van der Waals surface area contributed by atoms with Gasteiger partial charge in [-0.3, -0.25) is 9.48 Å². The van der Waals surface area contributed by atoms with Crippen molar-refractivity contribution >= 4 is 12.0 Å². The molecule has 0 spiro atoms. The molecule has 0 radical (unpaired) electrons. The quantitative estimate of drug-likeness (QED) is 0.869. The van der Waals surface area contributed by atoms with Crippen molar-refractivity contribution in [3.63, 3.8) is 0 Å². The molecule has 2 heterocycles. The minimum Gasteiger partial charge on any atom is -0.481 e. The van der Waals surface area contributed by atoms with Gasteiger partial charge in [0.25, 0.3) is 0 Å². The van der Waals surface area contributed by atoms with E-state index in [4.69, 9.17) is 5.11 Å². The predicted molar refractivity (Wildman–Crippen MR) is 91.9 cm³/mol. The molecule has 25 heavy (non-hydrogen) atoms. The fourth-order valence-corrected chi connectivity index (χ4v) is 3.00. The van der Waals surface area contributed by atoms with Gasteiger partial charge in [-0.05, 0) is 24.5 Å².